The number of amides is 3. The summed E-state index contributed by atoms with van der Waals surface area (Å²) in [7, 11) is 0. The highest BCUT2D eigenvalue weighted by molar-refractivity contribution is 6.01. The van der Waals surface area contributed by atoms with Gasteiger partial charge in [-0.2, -0.15) is 9.37 Å². The van der Waals surface area contributed by atoms with E-state index in [2.05, 4.69) is 21.2 Å². The zero-order chi connectivity index (χ0) is 19.2. The fourth-order valence-corrected chi connectivity index (χ4v) is 2.70. The van der Waals surface area contributed by atoms with Crippen molar-refractivity contribution in [2.45, 2.75) is 45.1 Å². The van der Waals surface area contributed by atoms with E-state index >= 15 is 0 Å². The summed E-state index contributed by atoms with van der Waals surface area (Å²) >= 11 is 0. The number of hydrogen-bond donors (Lipinski definition) is 3. The van der Waals surface area contributed by atoms with Gasteiger partial charge in [-0.1, -0.05) is 6.42 Å². The third kappa shape index (κ3) is 5.90. The number of aromatic nitrogens is 1. The van der Waals surface area contributed by atoms with Gasteiger partial charge in [0.25, 0.3) is 5.95 Å². The summed E-state index contributed by atoms with van der Waals surface area (Å²) in [6, 6.07) is -0.621. The van der Waals surface area contributed by atoms with Crippen LogP contribution in [0.25, 0.3) is 0 Å². The number of halogens is 1. The SMILES string of the molecule is CC(NNCCCCCN1CC(=O)NC1=O)c1nc(F)c(OCC2CC2)o1. The lowest BCUT2D eigenvalue weighted by atomic mass is 10.2. The van der Waals surface area contributed by atoms with E-state index in [-0.39, 0.29) is 36.4 Å². The van der Waals surface area contributed by atoms with Crippen molar-refractivity contribution in [3.8, 4) is 5.95 Å². The first-order valence-electron chi connectivity index (χ1n) is 9.39. The van der Waals surface area contributed by atoms with Gasteiger partial charge in [-0.3, -0.25) is 15.5 Å². The number of nitrogens with zero attached hydrogens (tertiary/aromatic N) is 2. The zero-order valence-corrected chi connectivity index (χ0v) is 15.4. The maximum absolute atomic E-state index is 13.7. The first-order chi connectivity index (χ1) is 13.0. The number of hydrogen-bond acceptors (Lipinski definition) is 7. The maximum Gasteiger partial charge on any atom is 0.344 e. The van der Waals surface area contributed by atoms with Crippen molar-refractivity contribution in [1.82, 2.24) is 26.1 Å². The molecule has 1 aromatic heterocycles. The molecule has 9 nitrogen and oxygen atoms in total. The van der Waals surface area contributed by atoms with Crippen molar-refractivity contribution in [2.75, 3.05) is 26.2 Å². The second-order valence-electron chi connectivity index (χ2n) is 7.01. The average molecular weight is 383 g/mol. The number of carbonyl (C=O) groups is 2. The number of hydrazine groups is 1. The average Bonchev–Trinajstić information content (AvgIpc) is 3.30. The number of carbonyl (C=O) groups excluding carboxylic acids is 2. The van der Waals surface area contributed by atoms with Crippen LogP contribution in [-0.2, 0) is 4.79 Å². The fraction of sp³-hybridized carbons (Fsp3) is 0.706. The molecule has 1 atom stereocenters. The molecule has 3 amide bonds. The minimum Gasteiger partial charge on any atom is -0.462 e. The number of oxazole rings is 1. The molecule has 1 saturated heterocycles. The van der Waals surface area contributed by atoms with Crippen molar-refractivity contribution in [3.63, 3.8) is 0 Å². The van der Waals surface area contributed by atoms with Crippen LogP contribution in [0, 0.1) is 11.9 Å². The first kappa shape index (κ1) is 19.6. The third-order valence-corrected chi connectivity index (χ3v) is 4.51. The monoisotopic (exact) mass is 383 g/mol. The predicted molar refractivity (Wildman–Crippen MR) is 93.2 cm³/mol. The van der Waals surface area contributed by atoms with E-state index in [0.717, 1.165) is 32.1 Å². The molecule has 0 radical (unpaired) electrons. The molecule has 2 heterocycles. The highest BCUT2D eigenvalue weighted by Crippen LogP contribution is 2.30. The smallest absolute Gasteiger partial charge is 0.344 e. The highest BCUT2D eigenvalue weighted by Gasteiger charge is 2.26. The van der Waals surface area contributed by atoms with E-state index in [0.29, 0.717) is 25.6 Å². The molecule has 1 aromatic rings. The summed E-state index contributed by atoms with van der Waals surface area (Å²) in [5, 5.41) is 2.25. The Hall–Kier alpha value is -2.20. The summed E-state index contributed by atoms with van der Waals surface area (Å²) in [6.45, 7) is 3.70. The quantitative estimate of drug-likeness (QED) is 0.285. The van der Waals surface area contributed by atoms with Crippen LogP contribution in [0.1, 0.15) is 51.0 Å². The molecule has 0 bridgehead atoms. The first-order valence-corrected chi connectivity index (χ1v) is 9.39. The molecule has 2 aliphatic rings. The van der Waals surface area contributed by atoms with Gasteiger partial charge in [-0.25, -0.2) is 10.2 Å². The van der Waals surface area contributed by atoms with Crippen molar-refractivity contribution in [2.24, 2.45) is 5.92 Å². The van der Waals surface area contributed by atoms with E-state index in [4.69, 9.17) is 9.15 Å². The van der Waals surface area contributed by atoms with Gasteiger partial charge in [-0.05, 0) is 38.5 Å². The lowest BCUT2D eigenvalue weighted by Crippen LogP contribution is -2.35. The Bertz CT molecular complexity index is 664. The summed E-state index contributed by atoms with van der Waals surface area (Å²) < 4.78 is 24.4. The van der Waals surface area contributed by atoms with E-state index in [1.165, 1.54) is 4.90 Å². The summed E-state index contributed by atoms with van der Waals surface area (Å²) in [5.41, 5.74) is 6.07. The van der Waals surface area contributed by atoms with Gasteiger partial charge in [-0.15, -0.1) is 0 Å². The molecule has 1 aliphatic heterocycles. The van der Waals surface area contributed by atoms with Gasteiger partial charge in [0, 0.05) is 13.1 Å². The topological polar surface area (TPSA) is 109 Å². The van der Waals surface area contributed by atoms with E-state index in [9.17, 15) is 14.0 Å². The molecule has 0 aromatic carbocycles. The van der Waals surface area contributed by atoms with E-state index in [1.807, 2.05) is 6.92 Å². The van der Waals surface area contributed by atoms with Gasteiger partial charge in [0.15, 0.2) is 0 Å². The Kier molecular flexibility index (Phi) is 6.62. The lowest BCUT2D eigenvalue weighted by molar-refractivity contribution is -0.118. The standard InChI is InChI=1S/C17H26FN5O4/c1-11(15-21-14(18)16(27-15)26-10-12-5-6-12)22-19-7-3-2-4-8-23-9-13(24)20-17(23)25/h11-12,19,22H,2-10H2,1H3,(H,20,24,25). The molecule has 27 heavy (non-hydrogen) atoms. The number of ether oxygens (including phenoxy) is 1. The highest BCUT2D eigenvalue weighted by atomic mass is 19.1. The number of urea groups is 1. The van der Waals surface area contributed by atoms with Crippen LogP contribution in [-0.4, -0.2) is 48.1 Å². The van der Waals surface area contributed by atoms with Crippen LogP contribution in [0.15, 0.2) is 4.42 Å². The molecule has 3 rings (SSSR count). The molecular weight excluding hydrogens is 357 g/mol. The molecule has 10 heteroatoms. The summed E-state index contributed by atoms with van der Waals surface area (Å²) in [5.74, 6) is -0.367. The Morgan fingerprint density at radius 2 is 2.19 bits per heavy atom. The molecule has 0 spiro atoms. The van der Waals surface area contributed by atoms with Gasteiger partial charge in [0.2, 0.25) is 11.8 Å². The third-order valence-electron chi connectivity index (χ3n) is 4.51. The Morgan fingerprint density at radius 1 is 1.37 bits per heavy atom. The van der Waals surface area contributed by atoms with Crippen LogP contribution in [0.5, 0.6) is 5.95 Å². The Morgan fingerprint density at radius 3 is 2.89 bits per heavy atom. The van der Waals surface area contributed by atoms with Crippen LogP contribution >= 0.6 is 0 Å². The molecular formula is C17H26FN5O4. The second-order valence-corrected chi connectivity index (χ2v) is 7.01. The molecule has 150 valence electrons. The van der Waals surface area contributed by atoms with Crippen LogP contribution in [0.2, 0.25) is 0 Å². The minimum absolute atomic E-state index is 0.144. The van der Waals surface area contributed by atoms with E-state index in [1.54, 1.807) is 0 Å². The minimum atomic E-state index is -0.719. The molecule has 2 fully saturated rings. The molecule has 1 aliphatic carbocycles. The second kappa shape index (κ2) is 9.14. The van der Waals surface area contributed by atoms with Crippen molar-refractivity contribution >= 4 is 11.9 Å². The maximum atomic E-state index is 13.7. The molecule has 1 saturated carbocycles. The molecule has 3 N–H and O–H groups in total. The lowest BCUT2D eigenvalue weighted by Gasteiger charge is -2.13. The van der Waals surface area contributed by atoms with Gasteiger partial charge in [0.05, 0.1) is 12.6 Å². The molecule has 1 unspecified atom stereocenters. The number of imide groups is 1. The number of nitrogens with one attached hydrogen (secondary N) is 3. The predicted octanol–water partition coefficient (Wildman–Crippen LogP) is 1.48. The Labute approximate surface area is 157 Å². The Balaban J connectivity index is 1.26. The number of rotatable bonds is 12. The van der Waals surface area contributed by atoms with Gasteiger partial charge < -0.3 is 14.1 Å². The van der Waals surface area contributed by atoms with Gasteiger partial charge in [0.1, 0.15) is 6.54 Å². The number of unbranched alkanes of at least 4 members (excludes halogenated alkanes) is 2. The van der Waals surface area contributed by atoms with Crippen LogP contribution in [0.3, 0.4) is 0 Å². The van der Waals surface area contributed by atoms with Crippen molar-refractivity contribution in [3.05, 3.63) is 11.8 Å². The van der Waals surface area contributed by atoms with Crippen molar-refractivity contribution < 1.29 is 23.1 Å². The van der Waals surface area contributed by atoms with Crippen LogP contribution < -0.4 is 20.9 Å². The van der Waals surface area contributed by atoms with Crippen molar-refractivity contribution in [1.29, 1.82) is 0 Å². The van der Waals surface area contributed by atoms with Crippen LogP contribution in [0.4, 0.5) is 9.18 Å². The van der Waals surface area contributed by atoms with E-state index < -0.39 is 5.95 Å². The normalized spacial score (nSPS) is 18.1. The zero-order valence-electron chi connectivity index (χ0n) is 15.4. The van der Waals surface area contributed by atoms with Gasteiger partial charge >= 0.3 is 12.0 Å². The fourth-order valence-electron chi connectivity index (χ4n) is 2.70. The summed E-state index contributed by atoms with van der Waals surface area (Å²) in [6.07, 6.45) is 4.86. The largest absolute Gasteiger partial charge is 0.462 e. The summed E-state index contributed by atoms with van der Waals surface area (Å²) in [4.78, 5) is 27.7.